The monoisotopic (exact) mass is 249 g/mol. The van der Waals surface area contributed by atoms with Crippen molar-refractivity contribution in [3.8, 4) is 0 Å². The van der Waals surface area contributed by atoms with E-state index in [1.54, 1.807) is 0 Å². The standard InChI is InChI=1S/C14H16ClNO/c15-12-3-1-10(2-4-12)9-13-14(17)11-5-7-16(13)8-6-11/h1-4,9,11,14,17H,5-8H2/b13-9-/t14-/m1/s1. The molecule has 1 aromatic rings. The number of fused-ring (bicyclic) bond motifs is 3. The van der Waals surface area contributed by atoms with Gasteiger partial charge in [0.15, 0.2) is 0 Å². The molecular formula is C14H16ClNO. The molecule has 0 saturated carbocycles. The summed E-state index contributed by atoms with van der Waals surface area (Å²) in [4.78, 5) is 2.30. The molecule has 1 aromatic carbocycles. The molecular weight excluding hydrogens is 234 g/mol. The van der Waals surface area contributed by atoms with Gasteiger partial charge in [-0.3, -0.25) is 0 Å². The fourth-order valence-electron chi connectivity index (χ4n) is 2.81. The Hall–Kier alpha value is -0.990. The lowest BCUT2D eigenvalue weighted by atomic mass is 9.83. The molecule has 2 nitrogen and oxygen atoms in total. The minimum Gasteiger partial charge on any atom is -0.387 e. The van der Waals surface area contributed by atoms with Gasteiger partial charge >= 0.3 is 0 Å². The Morgan fingerprint density at radius 2 is 1.82 bits per heavy atom. The summed E-state index contributed by atoms with van der Waals surface area (Å²) in [5, 5.41) is 11.0. The molecule has 17 heavy (non-hydrogen) atoms. The fourth-order valence-corrected chi connectivity index (χ4v) is 2.93. The molecule has 3 aliphatic heterocycles. The van der Waals surface area contributed by atoms with Crippen molar-refractivity contribution in [3.63, 3.8) is 0 Å². The summed E-state index contributed by atoms with van der Waals surface area (Å²) < 4.78 is 0. The maximum Gasteiger partial charge on any atom is 0.0965 e. The van der Waals surface area contributed by atoms with E-state index in [1.807, 2.05) is 24.3 Å². The second-order valence-electron chi connectivity index (χ2n) is 4.89. The molecule has 90 valence electrons. The zero-order valence-electron chi connectivity index (χ0n) is 9.64. The molecule has 1 atom stereocenters. The second kappa shape index (κ2) is 4.35. The minimum atomic E-state index is -0.284. The first-order chi connectivity index (χ1) is 8.24. The molecule has 0 aromatic heterocycles. The molecule has 0 amide bonds. The molecule has 0 spiro atoms. The van der Waals surface area contributed by atoms with Gasteiger partial charge in [-0.05, 0) is 42.5 Å². The van der Waals surface area contributed by atoms with Crippen molar-refractivity contribution in [2.45, 2.75) is 18.9 Å². The van der Waals surface area contributed by atoms with Gasteiger partial charge in [-0.15, -0.1) is 0 Å². The van der Waals surface area contributed by atoms with E-state index < -0.39 is 0 Å². The van der Waals surface area contributed by atoms with Gasteiger partial charge in [0.2, 0.25) is 0 Å². The number of rotatable bonds is 1. The molecule has 3 saturated heterocycles. The van der Waals surface area contributed by atoms with E-state index in [-0.39, 0.29) is 6.10 Å². The topological polar surface area (TPSA) is 23.5 Å². The number of aliphatic hydroxyl groups excluding tert-OH is 1. The Labute approximate surface area is 107 Å². The Kier molecular flexibility index (Phi) is 2.85. The molecule has 4 rings (SSSR count). The van der Waals surface area contributed by atoms with Gasteiger partial charge in [-0.2, -0.15) is 0 Å². The highest BCUT2D eigenvalue weighted by molar-refractivity contribution is 6.30. The van der Waals surface area contributed by atoms with Crippen LogP contribution in [0, 0.1) is 5.92 Å². The predicted octanol–water partition coefficient (Wildman–Crippen LogP) is 2.77. The van der Waals surface area contributed by atoms with E-state index in [2.05, 4.69) is 11.0 Å². The lowest BCUT2D eigenvalue weighted by Crippen LogP contribution is -2.48. The molecule has 3 aliphatic rings. The van der Waals surface area contributed by atoms with Crippen LogP contribution in [0.2, 0.25) is 5.02 Å². The average molecular weight is 250 g/mol. The van der Waals surface area contributed by atoms with Gasteiger partial charge in [0.25, 0.3) is 0 Å². The molecule has 3 heteroatoms. The SMILES string of the molecule is O[C@H]1/C(=C/c2ccc(Cl)cc2)N2CCC1CC2. The van der Waals surface area contributed by atoms with E-state index >= 15 is 0 Å². The third-order valence-electron chi connectivity index (χ3n) is 3.84. The largest absolute Gasteiger partial charge is 0.387 e. The van der Waals surface area contributed by atoms with Crippen molar-refractivity contribution >= 4 is 17.7 Å². The van der Waals surface area contributed by atoms with Crippen molar-refractivity contribution in [2.24, 2.45) is 5.92 Å². The number of halogens is 1. The summed E-state index contributed by atoms with van der Waals surface area (Å²) in [6.07, 6.45) is 4.05. The molecule has 0 radical (unpaired) electrons. The summed E-state index contributed by atoms with van der Waals surface area (Å²) in [5.74, 6) is 0.457. The maximum absolute atomic E-state index is 10.2. The van der Waals surface area contributed by atoms with Gasteiger partial charge in [-0.1, -0.05) is 23.7 Å². The number of aliphatic hydroxyl groups is 1. The van der Waals surface area contributed by atoms with E-state index in [9.17, 15) is 5.11 Å². The van der Waals surface area contributed by atoms with Crippen molar-refractivity contribution in [2.75, 3.05) is 13.1 Å². The first kappa shape index (κ1) is 11.1. The Morgan fingerprint density at radius 1 is 1.18 bits per heavy atom. The molecule has 3 heterocycles. The van der Waals surface area contributed by atoms with Crippen LogP contribution in [0.5, 0.6) is 0 Å². The number of benzene rings is 1. The van der Waals surface area contributed by atoms with Crippen LogP contribution in [-0.2, 0) is 0 Å². The zero-order valence-corrected chi connectivity index (χ0v) is 10.4. The highest BCUT2D eigenvalue weighted by Crippen LogP contribution is 2.35. The van der Waals surface area contributed by atoms with Crippen molar-refractivity contribution in [1.82, 2.24) is 4.90 Å². The highest BCUT2D eigenvalue weighted by atomic mass is 35.5. The number of hydrogen-bond donors (Lipinski definition) is 1. The minimum absolute atomic E-state index is 0.284. The average Bonchev–Trinajstić information content (AvgIpc) is 2.37. The Morgan fingerprint density at radius 3 is 2.41 bits per heavy atom. The molecule has 0 aliphatic carbocycles. The summed E-state index contributed by atoms with van der Waals surface area (Å²) >= 11 is 5.87. The lowest BCUT2D eigenvalue weighted by molar-refractivity contribution is 0.0215. The van der Waals surface area contributed by atoms with Crippen LogP contribution in [0.15, 0.2) is 30.0 Å². The normalized spacial score (nSPS) is 30.0. The van der Waals surface area contributed by atoms with Crippen LogP contribution in [0.4, 0.5) is 0 Å². The van der Waals surface area contributed by atoms with E-state index in [0.29, 0.717) is 5.92 Å². The molecule has 0 unspecified atom stereocenters. The first-order valence-corrected chi connectivity index (χ1v) is 6.52. The van der Waals surface area contributed by atoms with Crippen molar-refractivity contribution < 1.29 is 5.11 Å². The zero-order chi connectivity index (χ0) is 11.8. The predicted molar refractivity (Wildman–Crippen MR) is 69.7 cm³/mol. The molecule has 2 bridgehead atoms. The molecule has 1 N–H and O–H groups in total. The lowest BCUT2D eigenvalue weighted by Gasteiger charge is -2.45. The Balaban J connectivity index is 1.90. The van der Waals surface area contributed by atoms with Crippen molar-refractivity contribution in [3.05, 3.63) is 40.5 Å². The quantitative estimate of drug-likeness (QED) is 0.827. The van der Waals surface area contributed by atoms with E-state index in [0.717, 1.165) is 42.2 Å². The van der Waals surface area contributed by atoms with Crippen molar-refractivity contribution in [1.29, 1.82) is 0 Å². The fraction of sp³-hybridized carbons (Fsp3) is 0.429. The summed E-state index contributed by atoms with van der Waals surface area (Å²) in [5.41, 5.74) is 2.19. The van der Waals surface area contributed by atoms with Crippen LogP contribution >= 0.6 is 11.6 Å². The van der Waals surface area contributed by atoms with Crippen LogP contribution in [0.1, 0.15) is 18.4 Å². The van der Waals surface area contributed by atoms with Crippen LogP contribution in [0.25, 0.3) is 6.08 Å². The Bertz CT molecular complexity index is 428. The van der Waals surface area contributed by atoms with Gasteiger partial charge < -0.3 is 10.0 Å². The number of nitrogens with zero attached hydrogens (tertiary/aromatic N) is 1. The van der Waals surface area contributed by atoms with Crippen LogP contribution in [-0.4, -0.2) is 29.2 Å². The van der Waals surface area contributed by atoms with Gasteiger partial charge in [0.05, 0.1) is 6.10 Å². The maximum atomic E-state index is 10.2. The second-order valence-corrected chi connectivity index (χ2v) is 5.33. The third kappa shape index (κ3) is 2.07. The van der Waals surface area contributed by atoms with Gasteiger partial charge in [-0.25, -0.2) is 0 Å². The smallest absolute Gasteiger partial charge is 0.0965 e. The van der Waals surface area contributed by atoms with Gasteiger partial charge in [0.1, 0.15) is 0 Å². The summed E-state index contributed by atoms with van der Waals surface area (Å²) in [6, 6.07) is 7.75. The number of piperidine rings is 3. The number of hydrogen-bond acceptors (Lipinski definition) is 2. The van der Waals surface area contributed by atoms with Gasteiger partial charge in [0, 0.05) is 23.8 Å². The molecule has 3 fully saturated rings. The van der Waals surface area contributed by atoms with E-state index in [4.69, 9.17) is 11.6 Å². The van der Waals surface area contributed by atoms with E-state index in [1.165, 1.54) is 0 Å². The third-order valence-corrected chi connectivity index (χ3v) is 4.09. The van der Waals surface area contributed by atoms with Crippen LogP contribution in [0.3, 0.4) is 0 Å². The highest BCUT2D eigenvalue weighted by Gasteiger charge is 2.36. The summed E-state index contributed by atoms with van der Waals surface area (Å²) in [6.45, 7) is 2.17. The first-order valence-electron chi connectivity index (χ1n) is 6.14. The van der Waals surface area contributed by atoms with Crippen LogP contribution < -0.4 is 0 Å². The summed E-state index contributed by atoms with van der Waals surface area (Å²) in [7, 11) is 0.